The number of carbonyl (C=O) groups excluding carboxylic acids is 1. The van der Waals surface area contributed by atoms with Gasteiger partial charge < -0.3 is 10.4 Å². The maximum Gasteiger partial charge on any atom is 0.257 e. The van der Waals surface area contributed by atoms with Crippen LogP contribution in [0.5, 0.6) is 0 Å². The quantitative estimate of drug-likeness (QED) is 0.833. The van der Waals surface area contributed by atoms with Crippen molar-refractivity contribution in [1.29, 1.82) is 0 Å². The van der Waals surface area contributed by atoms with Gasteiger partial charge in [-0.25, -0.2) is 14.4 Å². The normalized spacial score (nSPS) is 16.8. The van der Waals surface area contributed by atoms with Crippen molar-refractivity contribution in [2.75, 3.05) is 5.32 Å². The van der Waals surface area contributed by atoms with Crippen LogP contribution in [-0.2, 0) is 4.79 Å². The number of aliphatic hydroxyl groups excluding tert-OH is 1. The fourth-order valence-corrected chi connectivity index (χ4v) is 3.07. The topological polar surface area (TPSA) is 75.1 Å². The first-order valence-corrected chi connectivity index (χ1v) is 7.08. The second-order valence-corrected chi connectivity index (χ2v) is 5.81. The molecule has 2 N–H and O–H groups in total. The van der Waals surface area contributed by atoms with Gasteiger partial charge in [0.1, 0.15) is 5.82 Å². The van der Waals surface area contributed by atoms with E-state index in [9.17, 15) is 14.3 Å². The number of amides is 1. The van der Waals surface area contributed by atoms with E-state index in [1.54, 1.807) is 0 Å². The molecule has 0 radical (unpaired) electrons. The molecule has 1 aliphatic heterocycles. The number of rotatable bonds is 2. The third kappa shape index (κ3) is 2.62. The van der Waals surface area contributed by atoms with Crippen molar-refractivity contribution in [3.05, 3.63) is 41.0 Å². The van der Waals surface area contributed by atoms with Gasteiger partial charge in [-0.2, -0.15) is 0 Å². The molecule has 0 bridgehead atoms. The van der Waals surface area contributed by atoms with E-state index in [2.05, 4.69) is 15.3 Å². The summed E-state index contributed by atoms with van der Waals surface area (Å²) < 4.78 is 14.1. The van der Waals surface area contributed by atoms with Crippen LogP contribution in [0.25, 0.3) is 0 Å². The Kier molecular flexibility index (Phi) is 3.38. The molecule has 0 aliphatic carbocycles. The lowest BCUT2D eigenvalue weighted by Gasteiger charge is -2.07. The number of carbonyl (C=O) groups is 1. The maximum atomic E-state index is 14.1. The van der Waals surface area contributed by atoms with E-state index in [1.807, 2.05) is 19.9 Å². The molecule has 1 amide bonds. The summed E-state index contributed by atoms with van der Waals surface area (Å²) in [7, 11) is 0. The van der Waals surface area contributed by atoms with Gasteiger partial charge in [-0.3, -0.25) is 4.79 Å². The molecule has 0 fully saturated rings. The Balaban J connectivity index is 1.97. The number of nitrogens with zero attached hydrogens (tertiary/aromatic N) is 2. The van der Waals surface area contributed by atoms with Crippen molar-refractivity contribution in [2.45, 2.75) is 30.0 Å². The minimum absolute atomic E-state index is 0.253. The number of hydrogen-bond acceptors (Lipinski definition) is 5. The fraction of sp³-hybridized carbons (Fsp3) is 0.214. The first-order valence-electron chi connectivity index (χ1n) is 6.26. The van der Waals surface area contributed by atoms with Crippen molar-refractivity contribution in [1.82, 2.24) is 9.97 Å². The lowest BCUT2D eigenvalue weighted by Crippen LogP contribution is -2.10. The van der Waals surface area contributed by atoms with Crippen LogP contribution in [-0.4, -0.2) is 21.0 Å². The molecule has 0 saturated heterocycles. The minimum atomic E-state index is -1.31. The molecule has 2 heterocycles. The predicted molar refractivity (Wildman–Crippen MR) is 75.6 cm³/mol. The van der Waals surface area contributed by atoms with E-state index in [0.717, 1.165) is 23.1 Å². The van der Waals surface area contributed by atoms with Crippen molar-refractivity contribution in [2.24, 2.45) is 0 Å². The number of aromatic nitrogens is 2. The van der Waals surface area contributed by atoms with E-state index in [0.29, 0.717) is 15.7 Å². The lowest BCUT2D eigenvalue weighted by atomic mass is 10.1. The van der Waals surface area contributed by atoms with Crippen LogP contribution in [0.2, 0.25) is 0 Å². The summed E-state index contributed by atoms with van der Waals surface area (Å²) >= 11 is 1.08. The second kappa shape index (κ2) is 5.09. The average Bonchev–Trinajstić information content (AvgIpc) is 2.65. The van der Waals surface area contributed by atoms with E-state index in [-0.39, 0.29) is 5.56 Å². The average molecular weight is 305 g/mol. The van der Waals surface area contributed by atoms with Gasteiger partial charge in [0.2, 0.25) is 0 Å². The Hall–Kier alpha value is -1.99. The van der Waals surface area contributed by atoms with Gasteiger partial charge in [0.15, 0.2) is 11.3 Å². The molecule has 1 aromatic carbocycles. The number of aryl methyl sites for hydroxylation is 2. The zero-order valence-corrected chi connectivity index (χ0v) is 12.2. The molecule has 1 unspecified atom stereocenters. The molecule has 7 heteroatoms. The van der Waals surface area contributed by atoms with Crippen molar-refractivity contribution >= 4 is 23.4 Å². The van der Waals surface area contributed by atoms with Crippen LogP contribution in [0.15, 0.2) is 28.3 Å². The number of benzene rings is 1. The van der Waals surface area contributed by atoms with Gasteiger partial charge in [-0.05, 0) is 43.8 Å². The number of nitrogens with one attached hydrogen (secondary N) is 1. The van der Waals surface area contributed by atoms with E-state index in [4.69, 9.17) is 0 Å². The van der Waals surface area contributed by atoms with Gasteiger partial charge >= 0.3 is 0 Å². The Labute approximate surface area is 124 Å². The van der Waals surface area contributed by atoms with Crippen LogP contribution in [0.4, 0.5) is 10.1 Å². The third-order valence-electron chi connectivity index (χ3n) is 3.07. The van der Waals surface area contributed by atoms with Gasteiger partial charge in [-0.1, -0.05) is 0 Å². The number of aliphatic hydroxyl groups is 1. The van der Waals surface area contributed by atoms with Crippen molar-refractivity contribution in [3.63, 3.8) is 0 Å². The second-order valence-electron chi connectivity index (χ2n) is 4.80. The van der Waals surface area contributed by atoms with Crippen LogP contribution in [0, 0.1) is 19.7 Å². The Morgan fingerprint density at radius 2 is 1.90 bits per heavy atom. The van der Waals surface area contributed by atoms with Crippen LogP contribution in [0.1, 0.15) is 23.1 Å². The zero-order valence-electron chi connectivity index (χ0n) is 11.3. The summed E-state index contributed by atoms with van der Waals surface area (Å²) in [4.78, 5) is 20.2. The highest BCUT2D eigenvalue weighted by atomic mass is 32.2. The van der Waals surface area contributed by atoms with Gasteiger partial charge in [-0.15, -0.1) is 0 Å². The lowest BCUT2D eigenvalue weighted by molar-refractivity contribution is -0.123. The Morgan fingerprint density at radius 3 is 2.57 bits per heavy atom. The molecular formula is C14H12FN3O2S. The van der Waals surface area contributed by atoms with Crippen LogP contribution in [0.3, 0.4) is 0 Å². The minimum Gasteiger partial charge on any atom is -0.378 e. The summed E-state index contributed by atoms with van der Waals surface area (Å²) in [6, 6.07) is 4.49. The summed E-state index contributed by atoms with van der Waals surface area (Å²) in [6.45, 7) is 3.68. The highest BCUT2D eigenvalue weighted by Gasteiger charge is 2.30. The SMILES string of the molecule is Cc1cc(C)nc(Sc2cc3c(cc2F)C(O)C(=O)N3)n1. The molecule has 1 aliphatic rings. The first-order chi connectivity index (χ1) is 9.94. The number of fused-ring (bicyclic) bond motifs is 1. The molecule has 3 rings (SSSR count). The fourth-order valence-electron chi connectivity index (χ4n) is 2.16. The van der Waals surface area contributed by atoms with Crippen molar-refractivity contribution in [3.8, 4) is 0 Å². The largest absolute Gasteiger partial charge is 0.378 e. The van der Waals surface area contributed by atoms with Crippen LogP contribution < -0.4 is 5.32 Å². The van der Waals surface area contributed by atoms with Gasteiger partial charge in [0.25, 0.3) is 5.91 Å². The van der Waals surface area contributed by atoms with E-state index < -0.39 is 17.8 Å². The summed E-state index contributed by atoms with van der Waals surface area (Å²) in [5.41, 5.74) is 2.27. The summed E-state index contributed by atoms with van der Waals surface area (Å²) in [6.07, 6.45) is -1.31. The molecule has 0 saturated carbocycles. The number of hydrogen-bond donors (Lipinski definition) is 2. The molecule has 21 heavy (non-hydrogen) atoms. The van der Waals surface area contributed by atoms with E-state index in [1.165, 1.54) is 12.1 Å². The zero-order chi connectivity index (χ0) is 15.1. The molecule has 0 spiro atoms. The molecule has 5 nitrogen and oxygen atoms in total. The summed E-state index contributed by atoms with van der Waals surface area (Å²) in [5, 5.41) is 12.6. The smallest absolute Gasteiger partial charge is 0.257 e. The highest BCUT2D eigenvalue weighted by molar-refractivity contribution is 7.99. The predicted octanol–water partition coefficient (Wildman–Crippen LogP) is 2.37. The molecule has 108 valence electrons. The molecule has 1 aromatic heterocycles. The highest BCUT2D eigenvalue weighted by Crippen LogP contribution is 2.37. The number of halogens is 1. The van der Waals surface area contributed by atoms with Crippen LogP contribution >= 0.6 is 11.8 Å². The number of anilines is 1. The molecular weight excluding hydrogens is 293 g/mol. The van der Waals surface area contributed by atoms with Gasteiger partial charge in [0.05, 0.1) is 4.90 Å². The maximum absolute atomic E-state index is 14.1. The Bertz CT molecular complexity index is 731. The van der Waals surface area contributed by atoms with Crippen molar-refractivity contribution < 1.29 is 14.3 Å². The first kappa shape index (κ1) is 14.0. The molecule has 2 aromatic rings. The third-order valence-corrected chi connectivity index (χ3v) is 3.97. The summed E-state index contributed by atoms with van der Waals surface area (Å²) in [5.74, 6) is -1.06. The Morgan fingerprint density at radius 1 is 1.24 bits per heavy atom. The standard InChI is InChI=1S/C14H12FN3O2S/c1-6-3-7(2)17-14(16-6)21-11-5-10-8(4-9(11)15)12(19)13(20)18-10/h3-5,12,19H,1-2H3,(H,18,20). The van der Waals surface area contributed by atoms with Gasteiger partial charge in [0, 0.05) is 22.6 Å². The molecule has 1 atom stereocenters. The van der Waals surface area contributed by atoms with E-state index >= 15 is 0 Å². The monoisotopic (exact) mass is 305 g/mol.